The summed E-state index contributed by atoms with van der Waals surface area (Å²) in [4.78, 5) is 13.0. The van der Waals surface area contributed by atoms with Crippen LogP contribution >= 0.6 is 11.3 Å². The van der Waals surface area contributed by atoms with Gasteiger partial charge in [-0.1, -0.05) is 54.6 Å². The third kappa shape index (κ3) is 1.77. The van der Waals surface area contributed by atoms with E-state index < -0.39 is 0 Å². The van der Waals surface area contributed by atoms with Gasteiger partial charge in [-0.3, -0.25) is 9.89 Å². The Morgan fingerprint density at radius 2 is 1.62 bits per heavy atom. The number of nitrogens with zero attached hydrogens (tertiary/aromatic N) is 1. The molecule has 0 saturated heterocycles. The van der Waals surface area contributed by atoms with E-state index in [1.54, 1.807) is 11.3 Å². The van der Waals surface area contributed by atoms with E-state index in [4.69, 9.17) is 0 Å². The maximum Gasteiger partial charge on any atom is 0.211 e. The van der Waals surface area contributed by atoms with Crippen LogP contribution in [0, 0.1) is 0 Å². The number of H-pyrrole nitrogens is 1. The molecule has 0 bridgehead atoms. The maximum atomic E-state index is 13.0. The third-order valence-electron chi connectivity index (χ3n) is 4.39. The highest BCUT2D eigenvalue weighted by Gasteiger charge is 2.20. The van der Waals surface area contributed by atoms with Crippen LogP contribution in [-0.2, 0) is 0 Å². The molecule has 0 spiro atoms. The minimum absolute atomic E-state index is 0.0249. The van der Waals surface area contributed by atoms with Crippen LogP contribution in [0.15, 0.2) is 66.0 Å². The van der Waals surface area contributed by atoms with Gasteiger partial charge in [0.05, 0.1) is 0 Å². The van der Waals surface area contributed by atoms with E-state index in [9.17, 15) is 4.79 Å². The summed E-state index contributed by atoms with van der Waals surface area (Å²) in [6.45, 7) is 0. The molecule has 3 aromatic carbocycles. The fraction of sp³-hybridized carbons (Fsp3) is 0. The van der Waals surface area contributed by atoms with Gasteiger partial charge in [0.25, 0.3) is 0 Å². The maximum absolute atomic E-state index is 13.0. The van der Waals surface area contributed by atoms with E-state index >= 15 is 0 Å². The molecule has 2 heterocycles. The Balaban J connectivity index is 1.91. The molecule has 2 aromatic heterocycles. The Kier molecular flexibility index (Phi) is 2.81. The number of ketones is 1. The highest BCUT2D eigenvalue weighted by Crippen LogP contribution is 2.38. The second-order valence-corrected chi connectivity index (χ2v) is 6.64. The summed E-state index contributed by atoms with van der Waals surface area (Å²) in [5.74, 6) is -0.0249. The Morgan fingerprint density at radius 3 is 2.46 bits per heavy atom. The Bertz CT molecular complexity index is 1220. The molecule has 4 heteroatoms. The van der Waals surface area contributed by atoms with E-state index in [1.165, 1.54) is 10.8 Å². The highest BCUT2D eigenvalue weighted by atomic mass is 32.1. The number of benzene rings is 3. The number of hydrogen-bond donors (Lipinski definition) is 1. The minimum atomic E-state index is -0.0249. The molecular formula is C20H12N2OS. The van der Waals surface area contributed by atoms with Gasteiger partial charge in [0, 0.05) is 26.4 Å². The molecule has 0 unspecified atom stereocenters. The van der Waals surface area contributed by atoms with Crippen molar-refractivity contribution in [1.82, 2.24) is 10.2 Å². The van der Waals surface area contributed by atoms with Gasteiger partial charge in [0.2, 0.25) is 5.78 Å². The first kappa shape index (κ1) is 13.5. The van der Waals surface area contributed by atoms with Gasteiger partial charge in [-0.2, -0.15) is 5.10 Å². The zero-order valence-electron chi connectivity index (χ0n) is 12.6. The van der Waals surface area contributed by atoms with E-state index in [2.05, 4.69) is 33.8 Å². The van der Waals surface area contributed by atoms with Crippen molar-refractivity contribution in [3.8, 4) is 0 Å². The largest absolute Gasteiger partial charge is 0.287 e. The molecule has 0 aliphatic carbocycles. The van der Waals surface area contributed by atoms with Crippen molar-refractivity contribution in [2.24, 2.45) is 0 Å². The SMILES string of the molecule is O=C(c1ccccc1)c1[nH]nc2c3ccccc3c3ccsc3c12. The van der Waals surface area contributed by atoms with Crippen LogP contribution in [0.1, 0.15) is 16.1 Å². The van der Waals surface area contributed by atoms with Gasteiger partial charge < -0.3 is 0 Å². The Hall–Kier alpha value is -2.98. The number of aromatic nitrogens is 2. The first-order chi connectivity index (χ1) is 11.8. The van der Waals surface area contributed by atoms with Gasteiger partial charge in [0.1, 0.15) is 11.2 Å². The molecule has 0 radical (unpaired) electrons. The second kappa shape index (κ2) is 5.01. The summed E-state index contributed by atoms with van der Waals surface area (Å²) in [6.07, 6.45) is 0. The molecule has 3 nitrogen and oxygen atoms in total. The number of carbonyl (C=O) groups excluding carboxylic acids is 1. The summed E-state index contributed by atoms with van der Waals surface area (Å²) >= 11 is 1.65. The molecule has 0 aliphatic rings. The monoisotopic (exact) mass is 328 g/mol. The molecule has 0 saturated carbocycles. The lowest BCUT2D eigenvalue weighted by atomic mass is 10.00. The first-order valence-electron chi connectivity index (χ1n) is 7.70. The topological polar surface area (TPSA) is 45.8 Å². The van der Waals surface area contributed by atoms with Gasteiger partial charge in [-0.15, -0.1) is 11.3 Å². The van der Waals surface area contributed by atoms with Crippen molar-refractivity contribution in [3.05, 3.63) is 77.3 Å². The number of rotatable bonds is 2. The number of hydrogen-bond acceptors (Lipinski definition) is 3. The number of aromatic amines is 1. The van der Waals surface area contributed by atoms with Crippen molar-refractivity contribution in [2.75, 3.05) is 0 Å². The lowest BCUT2D eigenvalue weighted by molar-refractivity contribution is 0.103. The fourth-order valence-corrected chi connectivity index (χ4v) is 4.26. The quantitative estimate of drug-likeness (QED) is 0.455. The van der Waals surface area contributed by atoms with Crippen LogP contribution in [0.4, 0.5) is 0 Å². The molecule has 0 atom stereocenters. The van der Waals surface area contributed by atoms with E-state index in [-0.39, 0.29) is 5.78 Å². The summed E-state index contributed by atoms with van der Waals surface area (Å²) in [6, 6.07) is 19.7. The number of fused-ring (bicyclic) bond motifs is 6. The molecular weight excluding hydrogens is 316 g/mol. The predicted octanol–water partition coefficient (Wildman–Crippen LogP) is 5.16. The lowest BCUT2D eigenvalue weighted by Gasteiger charge is -2.03. The third-order valence-corrected chi connectivity index (χ3v) is 5.33. The fourth-order valence-electron chi connectivity index (χ4n) is 3.30. The predicted molar refractivity (Wildman–Crippen MR) is 98.9 cm³/mol. The standard InChI is InChI=1S/C20H12N2OS/c23-19(12-6-2-1-3-7-12)18-16-17(21-22-18)14-9-5-4-8-13(14)15-10-11-24-20(15)16/h1-11H,(H,21,22). The Morgan fingerprint density at radius 1 is 0.875 bits per heavy atom. The molecule has 0 aliphatic heterocycles. The molecule has 5 aromatic rings. The summed E-state index contributed by atoms with van der Waals surface area (Å²) in [5, 5.41) is 13.9. The number of carbonyl (C=O) groups is 1. The van der Waals surface area contributed by atoms with Gasteiger partial charge >= 0.3 is 0 Å². The minimum Gasteiger partial charge on any atom is -0.287 e. The smallest absolute Gasteiger partial charge is 0.211 e. The molecule has 114 valence electrons. The van der Waals surface area contributed by atoms with Crippen molar-refractivity contribution >= 4 is 48.9 Å². The van der Waals surface area contributed by atoms with Crippen molar-refractivity contribution in [1.29, 1.82) is 0 Å². The average Bonchev–Trinajstić information content (AvgIpc) is 3.29. The van der Waals surface area contributed by atoms with Crippen LogP contribution in [0.2, 0.25) is 0 Å². The van der Waals surface area contributed by atoms with Crippen LogP contribution in [0.5, 0.6) is 0 Å². The van der Waals surface area contributed by atoms with Gasteiger partial charge in [-0.05, 0) is 16.8 Å². The molecule has 5 rings (SSSR count). The van der Waals surface area contributed by atoms with Crippen molar-refractivity contribution in [2.45, 2.75) is 0 Å². The Labute approximate surface area is 141 Å². The lowest BCUT2D eigenvalue weighted by Crippen LogP contribution is -2.02. The van der Waals surface area contributed by atoms with Gasteiger partial charge in [0.15, 0.2) is 0 Å². The highest BCUT2D eigenvalue weighted by molar-refractivity contribution is 7.18. The van der Waals surface area contributed by atoms with Crippen LogP contribution in [-0.4, -0.2) is 16.0 Å². The second-order valence-electron chi connectivity index (χ2n) is 5.73. The number of thiophene rings is 1. The molecule has 1 N–H and O–H groups in total. The molecule has 24 heavy (non-hydrogen) atoms. The zero-order valence-corrected chi connectivity index (χ0v) is 13.4. The van der Waals surface area contributed by atoms with Crippen LogP contribution < -0.4 is 0 Å². The van der Waals surface area contributed by atoms with Crippen LogP contribution in [0.3, 0.4) is 0 Å². The van der Waals surface area contributed by atoms with Crippen LogP contribution in [0.25, 0.3) is 31.8 Å². The van der Waals surface area contributed by atoms with E-state index in [1.807, 2.05) is 42.5 Å². The van der Waals surface area contributed by atoms with E-state index in [0.29, 0.717) is 11.3 Å². The average molecular weight is 328 g/mol. The normalized spacial score (nSPS) is 11.5. The van der Waals surface area contributed by atoms with Crippen molar-refractivity contribution in [3.63, 3.8) is 0 Å². The van der Waals surface area contributed by atoms with Crippen molar-refractivity contribution < 1.29 is 4.79 Å². The number of nitrogens with one attached hydrogen (secondary N) is 1. The zero-order chi connectivity index (χ0) is 16.1. The van der Waals surface area contributed by atoms with E-state index in [0.717, 1.165) is 21.0 Å². The first-order valence-corrected chi connectivity index (χ1v) is 8.58. The van der Waals surface area contributed by atoms with Gasteiger partial charge in [-0.25, -0.2) is 0 Å². The summed E-state index contributed by atoms with van der Waals surface area (Å²) < 4.78 is 1.11. The molecule has 0 fully saturated rings. The summed E-state index contributed by atoms with van der Waals surface area (Å²) in [7, 11) is 0. The molecule has 0 amide bonds. The summed E-state index contributed by atoms with van der Waals surface area (Å²) in [5.41, 5.74) is 2.09.